The Morgan fingerprint density at radius 1 is 0.950 bits per heavy atom. The summed E-state index contributed by atoms with van der Waals surface area (Å²) in [5.41, 5.74) is 0. The van der Waals surface area contributed by atoms with Gasteiger partial charge in [-0.1, -0.05) is 45.4 Å². The summed E-state index contributed by atoms with van der Waals surface area (Å²) >= 11 is 0. The number of carbonyl (C=O) groups excluding carboxylic acids is 1. The summed E-state index contributed by atoms with van der Waals surface area (Å²) in [6.45, 7) is 3.08. The van der Waals surface area contributed by atoms with Crippen LogP contribution in [0.4, 0.5) is 0 Å². The van der Waals surface area contributed by atoms with Crippen molar-refractivity contribution in [3.63, 3.8) is 0 Å². The summed E-state index contributed by atoms with van der Waals surface area (Å²) in [6, 6.07) is 0.981. The fourth-order valence-corrected chi connectivity index (χ4v) is 3.80. The molecule has 0 aromatic heterocycles. The molecule has 0 bridgehead atoms. The van der Waals surface area contributed by atoms with Gasteiger partial charge in [0.15, 0.2) is 0 Å². The highest BCUT2D eigenvalue weighted by molar-refractivity contribution is 5.78. The van der Waals surface area contributed by atoms with Gasteiger partial charge >= 0.3 is 0 Å². The third-order valence-corrected chi connectivity index (χ3v) is 4.80. The minimum Gasteiger partial charge on any atom is -0.372 e. The van der Waals surface area contributed by atoms with E-state index in [9.17, 15) is 4.79 Å². The highest BCUT2D eigenvalue weighted by Gasteiger charge is 2.32. The molecule has 0 unspecified atom stereocenters. The van der Waals surface area contributed by atoms with Crippen molar-refractivity contribution >= 4 is 5.91 Å². The standard InChI is InChI=1S/C17H31NO2/c1-2-13-20-14-17(19)18(15-9-5-3-6-10-15)16-11-7-4-8-12-16/h15-16H,2-14H2,1H3. The van der Waals surface area contributed by atoms with E-state index in [1.54, 1.807) is 0 Å². The average Bonchev–Trinajstić information content (AvgIpc) is 2.50. The summed E-state index contributed by atoms with van der Waals surface area (Å²) in [6.07, 6.45) is 13.6. The first-order valence-electron chi connectivity index (χ1n) is 8.72. The first-order chi connectivity index (χ1) is 9.83. The molecule has 0 spiro atoms. The summed E-state index contributed by atoms with van der Waals surface area (Å²) in [5.74, 6) is 0.247. The van der Waals surface area contributed by atoms with E-state index in [1.165, 1.54) is 64.2 Å². The molecular weight excluding hydrogens is 250 g/mol. The summed E-state index contributed by atoms with van der Waals surface area (Å²) in [7, 11) is 0. The Kier molecular flexibility index (Phi) is 6.85. The largest absolute Gasteiger partial charge is 0.372 e. The smallest absolute Gasteiger partial charge is 0.249 e. The van der Waals surface area contributed by atoms with Crippen LogP contribution in [-0.4, -0.2) is 36.1 Å². The van der Waals surface area contributed by atoms with Gasteiger partial charge in [-0.3, -0.25) is 4.79 Å². The number of hydrogen-bond acceptors (Lipinski definition) is 2. The van der Waals surface area contributed by atoms with Crippen molar-refractivity contribution in [1.29, 1.82) is 0 Å². The van der Waals surface area contributed by atoms with E-state index < -0.39 is 0 Å². The van der Waals surface area contributed by atoms with Crippen molar-refractivity contribution in [3.8, 4) is 0 Å². The number of amides is 1. The molecule has 0 aliphatic heterocycles. The Morgan fingerprint density at radius 3 is 1.90 bits per heavy atom. The van der Waals surface area contributed by atoms with E-state index >= 15 is 0 Å². The zero-order valence-electron chi connectivity index (χ0n) is 13.1. The SMILES string of the molecule is CCCOCC(=O)N(C1CCCCC1)C1CCCCC1. The Bertz CT molecular complexity index is 263. The highest BCUT2D eigenvalue weighted by Crippen LogP contribution is 2.30. The second-order valence-corrected chi connectivity index (χ2v) is 6.44. The van der Waals surface area contributed by atoms with Crippen LogP contribution in [0.15, 0.2) is 0 Å². The van der Waals surface area contributed by atoms with Crippen molar-refractivity contribution in [1.82, 2.24) is 4.90 Å². The number of rotatable bonds is 6. The van der Waals surface area contributed by atoms with E-state index in [2.05, 4.69) is 11.8 Å². The normalized spacial score (nSPS) is 21.9. The van der Waals surface area contributed by atoms with Gasteiger partial charge in [0, 0.05) is 18.7 Å². The Hall–Kier alpha value is -0.570. The third-order valence-electron chi connectivity index (χ3n) is 4.80. The zero-order chi connectivity index (χ0) is 14.2. The lowest BCUT2D eigenvalue weighted by atomic mass is 9.88. The molecular formula is C17H31NO2. The molecule has 2 saturated carbocycles. The van der Waals surface area contributed by atoms with Gasteiger partial charge in [-0.15, -0.1) is 0 Å². The maximum absolute atomic E-state index is 12.6. The average molecular weight is 281 g/mol. The number of nitrogens with zero attached hydrogens (tertiary/aromatic N) is 1. The molecule has 1 amide bonds. The minimum absolute atomic E-state index is 0.247. The second kappa shape index (κ2) is 8.66. The van der Waals surface area contributed by atoms with Gasteiger partial charge in [0.1, 0.15) is 6.61 Å². The van der Waals surface area contributed by atoms with Crippen LogP contribution in [0, 0.1) is 0 Å². The van der Waals surface area contributed by atoms with Crippen LogP contribution < -0.4 is 0 Å². The molecule has 0 aromatic rings. The van der Waals surface area contributed by atoms with Gasteiger partial charge in [-0.05, 0) is 32.1 Å². The topological polar surface area (TPSA) is 29.5 Å². The Labute approximate surface area is 124 Å². The third kappa shape index (κ3) is 4.47. The molecule has 3 nitrogen and oxygen atoms in total. The molecule has 0 radical (unpaired) electrons. The van der Waals surface area contributed by atoms with Gasteiger partial charge in [-0.25, -0.2) is 0 Å². The van der Waals surface area contributed by atoms with E-state index in [4.69, 9.17) is 4.74 Å². The maximum Gasteiger partial charge on any atom is 0.249 e. The fourth-order valence-electron chi connectivity index (χ4n) is 3.80. The van der Waals surface area contributed by atoms with Crippen LogP contribution in [0.5, 0.6) is 0 Å². The van der Waals surface area contributed by atoms with Crippen molar-refractivity contribution in [3.05, 3.63) is 0 Å². The van der Waals surface area contributed by atoms with E-state index in [1.807, 2.05) is 0 Å². The molecule has 2 aliphatic carbocycles. The minimum atomic E-state index is 0.247. The van der Waals surface area contributed by atoms with Gasteiger partial charge in [0.05, 0.1) is 0 Å². The van der Waals surface area contributed by atoms with Crippen molar-refractivity contribution in [2.24, 2.45) is 0 Å². The lowest BCUT2D eigenvalue weighted by molar-refractivity contribution is -0.143. The molecule has 2 fully saturated rings. The fraction of sp³-hybridized carbons (Fsp3) is 0.941. The van der Waals surface area contributed by atoms with Gasteiger partial charge in [0.25, 0.3) is 0 Å². The lowest BCUT2D eigenvalue weighted by Crippen LogP contribution is -2.50. The zero-order valence-corrected chi connectivity index (χ0v) is 13.1. The molecule has 2 aliphatic rings. The molecule has 3 heteroatoms. The number of ether oxygens (including phenoxy) is 1. The van der Waals surface area contributed by atoms with Crippen LogP contribution in [0.3, 0.4) is 0 Å². The first kappa shape index (κ1) is 15.8. The summed E-state index contributed by atoms with van der Waals surface area (Å²) < 4.78 is 5.52. The molecule has 0 saturated heterocycles. The van der Waals surface area contributed by atoms with Crippen LogP contribution in [0.1, 0.15) is 77.6 Å². The van der Waals surface area contributed by atoms with Crippen LogP contribution >= 0.6 is 0 Å². The van der Waals surface area contributed by atoms with E-state index in [0.717, 1.165) is 6.42 Å². The molecule has 116 valence electrons. The number of carbonyl (C=O) groups is 1. The summed E-state index contributed by atoms with van der Waals surface area (Å²) in [5, 5.41) is 0. The van der Waals surface area contributed by atoms with E-state index in [0.29, 0.717) is 25.3 Å². The van der Waals surface area contributed by atoms with Gasteiger partial charge in [-0.2, -0.15) is 0 Å². The molecule has 0 aromatic carbocycles. The van der Waals surface area contributed by atoms with Crippen LogP contribution in [0.25, 0.3) is 0 Å². The molecule has 20 heavy (non-hydrogen) atoms. The maximum atomic E-state index is 12.6. The van der Waals surface area contributed by atoms with E-state index in [-0.39, 0.29) is 5.91 Å². The molecule has 0 heterocycles. The number of hydrogen-bond donors (Lipinski definition) is 0. The van der Waals surface area contributed by atoms with Crippen molar-refractivity contribution in [2.75, 3.05) is 13.2 Å². The summed E-state index contributed by atoms with van der Waals surface area (Å²) in [4.78, 5) is 14.9. The highest BCUT2D eigenvalue weighted by atomic mass is 16.5. The quantitative estimate of drug-likeness (QED) is 0.691. The molecule has 0 atom stereocenters. The van der Waals surface area contributed by atoms with Crippen LogP contribution in [-0.2, 0) is 9.53 Å². The molecule has 2 rings (SSSR count). The monoisotopic (exact) mass is 281 g/mol. The Balaban J connectivity index is 1.95. The Morgan fingerprint density at radius 2 is 1.45 bits per heavy atom. The first-order valence-corrected chi connectivity index (χ1v) is 8.72. The molecule has 0 N–H and O–H groups in total. The van der Waals surface area contributed by atoms with Crippen LogP contribution in [0.2, 0.25) is 0 Å². The predicted molar refractivity (Wildman–Crippen MR) is 81.7 cm³/mol. The second-order valence-electron chi connectivity index (χ2n) is 6.44. The predicted octanol–water partition coefficient (Wildman–Crippen LogP) is 3.91. The van der Waals surface area contributed by atoms with Gasteiger partial charge in [0.2, 0.25) is 5.91 Å². The van der Waals surface area contributed by atoms with Crippen molar-refractivity contribution < 1.29 is 9.53 Å². The van der Waals surface area contributed by atoms with Gasteiger partial charge < -0.3 is 9.64 Å². The van der Waals surface area contributed by atoms with Crippen molar-refractivity contribution in [2.45, 2.75) is 89.6 Å². The lowest BCUT2D eigenvalue weighted by Gasteiger charge is -2.41.